The first-order valence-corrected chi connectivity index (χ1v) is 7.50. The van der Waals surface area contributed by atoms with E-state index in [-0.39, 0.29) is 0 Å². The molecule has 0 aliphatic heterocycles. The summed E-state index contributed by atoms with van der Waals surface area (Å²) >= 11 is 0. The van der Waals surface area contributed by atoms with Crippen LogP contribution in [0, 0.1) is 6.92 Å². The van der Waals surface area contributed by atoms with E-state index in [0.717, 1.165) is 0 Å². The number of fused-ring (bicyclic) bond motifs is 1. The van der Waals surface area contributed by atoms with Crippen LogP contribution in [0.2, 0.25) is 0 Å². The minimum Gasteiger partial charge on any atom is -0.339 e. The highest BCUT2D eigenvalue weighted by Gasteiger charge is 2.13. The van der Waals surface area contributed by atoms with Crippen LogP contribution in [0.15, 0.2) is 66.7 Å². The summed E-state index contributed by atoms with van der Waals surface area (Å²) in [7, 11) is 0. The number of rotatable bonds is 3. The molecule has 0 saturated heterocycles. The van der Waals surface area contributed by atoms with Crippen molar-refractivity contribution in [2.75, 3.05) is 4.90 Å². The van der Waals surface area contributed by atoms with Gasteiger partial charge in [0.15, 0.2) is 0 Å². The smallest absolute Gasteiger partial charge is 0.0419 e. The van der Waals surface area contributed by atoms with Gasteiger partial charge in [0.25, 0.3) is 0 Å². The van der Waals surface area contributed by atoms with Crippen LogP contribution in [0.25, 0.3) is 10.8 Å². The number of hydrogen-bond acceptors (Lipinski definition) is 1. The summed E-state index contributed by atoms with van der Waals surface area (Å²) in [5, 5.41) is 2.57. The summed E-state index contributed by atoms with van der Waals surface area (Å²) < 4.78 is 0. The molecule has 0 radical (unpaired) electrons. The zero-order chi connectivity index (χ0) is 14.8. The average Bonchev–Trinajstić information content (AvgIpc) is 2.47. The molecule has 0 heterocycles. The first kappa shape index (κ1) is 13.7. The van der Waals surface area contributed by atoms with Crippen molar-refractivity contribution in [3.8, 4) is 0 Å². The molecule has 0 saturated carbocycles. The Morgan fingerprint density at radius 2 is 1.43 bits per heavy atom. The number of hydrogen-bond donors (Lipinski definition) is 0. The molecule has 0 N–H and O–H groups in total. The standard InChI is InChI=1S/C20H21N/c1-15(2)21(19-10-6-7-16(3)13-19)20-12-11-17-8-4-5-9-18(17)14-20/h4-15H,1-3H3. The van der Waals surface area contributed by atoms with Crippen LogP contribution in [-0.2, 0) is 0 Å². The summed E-state index contributed by atoms with van der Waals surface area (Å²) in [6.45, 7) is 6.61. The van der Waals surface area contributed by atoms with Gasteiger partial charge < -0.3 is 4.90 Å². The molecule has 1 nitrogen and oxygen atoms in total. The lowest BCUT2D eigenvalue weighted by Gasteiger charge is -2.29. The zero-order valence-corrected chi connectivity index (χ0v) is 12.9. The van der Waals surface area contributed by atoms with Crippen molar-refractivity contribution >= 4 is 22.1 Å². The maximum absolute atomic E-state index is 2.39. The highest BCUT2D eigenvalue weighted by molar-refractivity contribution is 5.87. The fourth-order valence-electron chi connectivity index (χ4n) is 2.85. The number of benzene rings is 3. The lowest BCUT2D eigenvalue weighted by Crippen LogP contribution is -2.25. The molecule has 0 aliphatic carbocycles. The van der Waals surface area contributed by atoms with Gasteiger partial charge in [0.2, 0.25) is 0 Å². The maximum Gasteiger partial charge on any atom is 0.0419 e. The molecular formula is C20H21N. The van der Waals surface area contributed by atoms with Crippen molar-refractivity contribution in [2.45, 2.75) is 26.8 Å². The van der Waals surface area contributed by atoms with Gasteiger partial charge in [-0.1, -0.05) is 42.5 Å². The molecule has 0 spiro atoms. The topological polar surface area (TPSA) is 3.24 Å². The summed E-state index contributed by atoms with van der Waals surface area (Å²) in [6, 6.07) is 24.3. The van der Waals surface area contributed by atoms with E-state index in [1.807, 2.05) is 0 Å². The number of nitrogens with zero attached hydrogens (tertiary/aromatic N) is 1. The predicted molar refractivity (Wildman–Crippen MR) is 92.4 cm³/mol. The van der Waals surface area contributed by atoms with Crippen LogP contribution in [0.3, 0.4) is 0 Å². The Kier molecular flexibility index (Phi) is 3.66. The van der Waals surface area contributed by atoms with E-state index in [2.05, 4.69) is 92.4 Å². The molecule has 0 amide bonds. The summed E-state index contributed by atoms with van der Waals surface area (Å²) in [4.78, 5) is 2.39. The second kappa shape index (κ2) is 5.61. The van der Waals surface area contributed by atoms with Crippen molar-refractivity contribution in [3.63, 3.8) is 0 Å². The van der Waals surface area contributed by atoms with Gasteiger partial charge in [-0.2, -0.15) is 0 Å². The van der Waals surface area contributed by atoms with Gasteiger partial charge in [-0.3, -0.25) is 0 Å². The van der Waals surface area contributed by atoms with E-state index in [9.17, 15) is 0 Å². The third kappa shape index (κ3) is 2.78. The normalized spacial score (nSPS) is 11.0. The molecule has 106 valence electrons. The van der Waals surface area contributed by atoms with Crippen LogP contribution in [0.5, 0.6) is 0 Å². The molecule has 21 heavy (non-hydrogen) atoms. The SMILES string of the molecule is Cc1cccc(N(c2ccc3ccccc3c2)C(C)C)c1. The van der Waals surface area contributed by atoms with Crippen molar-refractivity contribution in [3.05, 3.63) is 72.3 Å². The Hall–Kier alpha value is -2.28. The Bertz CT molecular complexity index is 758. The Morgan fingerprint density at radius 1 is 0.714 bits per heavy atom. The van der Waals surface area contributed by atoms with E-state index in [1.54, 1.807) is 0 Å². The second-order valence-corrected chi connectivity index (χ2v) is 5.83. The van der Waals surface area contributed by atoms with Crippen LogP contribution < -0.4 is 4.90 Å². The first-order valence-electron chi connectivity index (χ1n) is 7.50. The van der Waals surface area contributed by atoms with Gasteiger partial charge in [-0.05, 0) is 61.4 Å². The molecule has 0 fully saturated rings. The Labute approximate surface area is 126 Å². The van der Waals surface area contributed by atoms with E-state index < -0.39 is 0 Å². The van der Waals surface area contributed by atoms with E-state index >= 15 is 0 Å². The highest BCUT2D eigenvalue weighted by atomic mass is 15.2. The van der Waals surface area contributed by atoms with Crippen LogP contribution in [0.4, 0.5) is 11.4 Å². The van der Waals surface area contributed by atoms with Gasteiger partial charge in [0.1, 0.15) is 0 Å². The van der Waals surface area contributed by atoms with Gasteiger partial charge in [-0.25, -0.2) is 0 Å². The van der Waals surface area contributed by atoms with Gasteiger partial charge in [0.05, 0.1) is 0 Å². The van der Waals surface area contributed by atoms with Crippen molar-refractivity contribution in [1.29, 1.82) is 0 Å². The molecular weight excluding hydrogens is 254 g/mol. The van der Waals surface area contributed by atoms with Crippen LogP contribution in [-0.4, -0.2) is 6.04 Å². The summed E-state index contributed by atoms with van der Waals surface area (Å²) in [5.74, 6) is 0. The van der Waals surface area contributed by atoms with E-state index in [4.69, 9.17) is 0 Å². The lowest BCUT2D eigenvalue weighted by molar-refractivity contribution is 0.789. The number of anilines is 2. The minimum atomic E-state index is 0.410. The third-order valence-corrected chi connectivity index (χ3v) is 3.81. The zero-order valence-electron chi connectivity index (χ0n) is 12.9. The minimum absolute atomic E-state index is 0.410. The monoisotopic (exact) mass is 275 g/mol. The molecule has 0 aliphatic rings. The summed E-state index contributed by atoms with van der Waals surface area (Å²) in [6.07, 6.45) is 0. The third-order valence-electron chi connectivity index (χ3n) is 3.81. The molecule has 0 aromatic heterocycles. The largest absolute Gasteiger partial charge is 0.339 e. The molecule has 0 unspecified atom stereocenters. The van der Waals surface area contributed by atoms with Crippen LogP contribution in [0.1, 0.15) is 19.4 Å². The fraction of sp³-hybridized carbons (Fsp3) is 0.200. The first-order chi connectivity index (χ1) is 10.1. The average molecular weight is 275 g/mol. The van der Waals surface area contributed by atoms with Gasteiger partial charge >= 0.3 is 0 Å². The fourth-order valence-corrected chi connectivity index (χ4v) is 2.85. The van der Waals surface area contributed by atoms with Crippen molar-refractivity contribution < 1.29 is 0 Å². The molecule has 3 aromatic rings. The molecule has 3 rings (SSSR count). The lowest BCUT2D eigenvalue weighted by atomic mass is 10.1. The number of aryl methyl sites for hydroxylation is 1. The summed E-state index contributed by atoms with van der Waals surface area (Å²) in [5.41, 5.74) is 3.79. The molecule has 0 bridgehead atoms. The second-order valence-electron chi connectivity index (χ2n) is 5.83. The Morgan fingerprint density at radius 3 is 2.14 bits per heavy atom. The highest BCUT2D eigenvalue weighted by Crippen LogP contribution is 2.30. The van der Waals surface area contributed by atoms with Gasteiger partial charge in [-0.15, -0.1) is 0 Å². The molecule has 3 aromatic carbocycles. The quantitative estimate of drug-likeness (QED) is 0.593. The van der Waals surface area contributed by atoms with Gasteiger partial charge in [0, 0.05) is 17.4 Å². The molecule has 1 heteroatoms. The Balaban J connectivity index is 2.11. The van der Waals surface area contributed by atoms with Crippen LogP contribution >= 0.6 is 0 Å². The van der Waals surface area contributed by atoms with Crippen molar-refractivity contribution in [2.24, 2.45) is 0 Å². The predicted octanol–water partition coefficient (Wildman–Crippen LogP) is 5.69. The molecule has 0 atom stereocenters. The van der Waals surface area contributed by atoms with E-state index in [1.165, 1.54) is 27.7 Å². The van der Waals surface area contributed by atoms with Crippen molar-refractivity contribution in [1.82, 2.24) is 0 Å². The maximum atomic E-state index is 2.39. The van der Waals surface area contributed by atoms with E-state index in [0.29, 0.717) is 6.04 Å².